The van der Waals surface area contributed by atoms with Crippen LogP contribution in [0.25, 0.3) is 11.0 Å². The van der Waals surface area contributed by atoms with Crippen LogP contribution in [0, 0.1) is 12.8 Å². The van der Waals surface area contributed by atoms with Gasteiger partial charge in [-0.25, -0.2) is 9.29 Å². The number of unbranched alkanes of at least 4 members (excludes halogenated alkanes) is 1. The number of para-hydroxylation sites is 2. The number of aryl methyl sites for hydroxylation is 1. The standard InChI is InChI=1S/C25H34N2S.C8H8N2/c1-27(28-25-16-6-3-7-17-25)21-24(23-14-4-2-5-15-23)18-20-26-19-9-8-11-22-12-10-13-22;1-6-9-7-4-2-3-5-8(7)10-6/h2-7,14-17,19,22,24H,8-13,18,20-21H2,1H3;2-5H,1H3,(H,9,10). The number of rotatable bonds is 12. The van der Waals surface area contributed by atoms with Crippen LogP contribution in [0.1, 0.15) is 62.3 Å². The van der Waals surface area contributed by atoms with Gasteiger partial charge in [0.25, 0.3) is 0 Å². The second-order valence-corrected chi connectivity index (χ2v) is 11.5. The normalized spacial score (nSPS) is 14.4. The van der Waals surface area contributed by atoms with Crippen LogP contribution in [0.3, 0.4) is 0 Å². The maximum Gasteiger partial charge on any atom is 0.104 e. The molecule has 0 aliphatic heterocycles. The van der Waals surface area contributed by atoms with Crippen molar-refractivity contribution >= 4 is 29.2 Å². The number of fused-ring (bicyclic) bond motifs is 1. The van der Waals surface area contributed by atoms with Crippen molar-refractivity contribution in [2.24, 2.45) is 10.9 Å². The number of benzene rings is 3. The number of imidazole rings is 1. The predicted octanol–water partition coefficient (Wildman–Crippen LogP) is 8.71. The summed E-state index contributed by atoms with van der Waals surface area (Å²) in [6.45, 7) is 3.91. The number of nitrogens with one attached hydrogen (secondary N) is 1. The Morgan fingerprint density at radius 1 is 1.00 bits per heavy atom. The summed E-state index contributed by atoms with van der Waals surface area (Å²) in [5.74, 6) is 2.50. The molecule has 0 saturated heterocycles. The van der Waals surface area contributed by atoms with Crippen LogP contribution < -0.4 is 0 Å². The van der Waals surface area contributed by atoms with Crippen LogP contribution in [0.5, 0.6) is 0 Å². The molecule has 1 aliphatic rings. The molecule has 1 N–H and O–H groups in total. The third kappa shape index (κ3) is 9.45. The number of hydrogen-bond donors (Lipinski definition) is 1. The molecule has 1 aromatic heterocycles. The summed E-state index contributed by atoms with van der Waals surface area (Å²) < 4.78 is 2.36. The lowest BCUT2D eigenvalue weighted by Crippen LogP contribution is -2.19. The molecule has 5 heteroatoms. The van der Waals surface area contributed by atoms with Crippen molar-refractivity contribution < 1.29 is 0 Å². The zero-order chi connectivity index (χ0) is 26.4. The third-order valence-electron chi connectivity index (χ3n) is 7.17. The van der Waals surface area contributed by atoms with Crippen LogP contribution in [0.4, 0.5) is 0 Å². The lowest BCUT2D eigenvalue weighted by molar-refractivity contribution is 0.292. The second kappa shape index (κ2) is 15.5. The van der Waals surface area contributed by atoms with Crippen molar-refractivity contribution in [3.63, 3.8) is 0 Å². The highest BCUT2D eigenvalue weighted by Crippen LogP contribution is 2.30. The first-order valence-electron chi connectivity index (χ1n) is 14.1. The van der Waals surface area contributed by atoms with E-state index in [-0.39, 0.29) is 0 Å². The molecule has 1 unspecified atom stereocenters. The molecule has 0 spiro atoms. The van der Waals surface area contributed by atoms with E-state index >= 15 is 0 Å². The van der Waals surface area contributed by atoms with Crippen LogP contribution in [0.2, 0.25) is 0 Å². The number of likely N-dealkylation sites (N-methyl/N-ethyl adjacent to an activating group) is 1. The maximum atomic E-state index is 4.72. The topological polar surface area (TPSA) is 44.3 Å². The Morgan fingerprint density at radius 3 is 2.42 bits per heavy atom. The number of hydrogen-bond acceptors (Lipinski definition) is 4. The summed E-state index contributed by atoms with van der Waals surface area (Å²) in [4.78, 5) is 13.4. The third-order valence-corrected chi connectivity index (χ3v) is 8.11. The fourth-order valence-electron chi connectivity index (χ4n) is 4.87. The van der Waals surface area contributed by atoms with Gasteiger partial charge in [-0.15, -0.1) is 0 Å². The zero-order valence-corrected chi connectivity index (χ0v) is 23.7. The van der Waals surface area contributed by atoms with Gasteiger partial charge in [-0.1, -0.05) is 86.3 Å². The van der Waals surface area contributed by atoms with Crippen molar-refractivity contribution in [2.45, 2.75) is 62.7 Å². The van der Waals surface area contributed by atoms with Gasteiger partial charge in [-0.2, -0.15) is 0 Å². The first-order valence-corrected chi connectivity index (χ1v) is 14.8. The molecule has 1 fully saturated rings. The molecular formula is C33H42N4S. The summed E-state index contributed by atoms with van der Waals surface area (Å²) >= 11 is 1.82. The Labute approximate surface area is 233 Å². The number of nitrogens with zero attached hydrogens (tertiary/aromatic N) is 3. The summed E-state index contributed by atoms with van der Waals surface area (Å²) in [7, 11) is 2.19. The largest absolute Gasteiger partial charge is 0.342 e. The molecule has 1 heterocycles. The molecule has 4 nitrogen and oxygen atoms in total. The van der Waals surface area contributed by atoms with Crippen molar-refractivity contribution in [2.75, 3.05) is 20.1 Å². The molecule has 0 amide bonds. The highest BCUT2D eigenvalue weighted by molar-refractivity contribution is 7.97. The SMILES string of the molecule is CN(CC(CCN=CCCCC1CCC1)c1ccccc1)Sc1ccccc1.Cc1nc2ccccc2[nH]1. The van der Waals surface area contributed by atoms with Gasteiger partial charge >= 0.3 is 0 Å². The highest BCUT2D eigenvalue weighted by atomic mass is 32.2. The first-order chi connectivity index (χ1) is 18.7. The van der Waals surface area contributed by atoms with Crippen LogP contribution in [0.15, 0.2) is 94.8 Å². The minimum Gasteiger partial charge on any atom is -0.342 e. The van der Waals surface area contributed by atoms with E-state index in [1.54, 1.807) is 0 Å². The van der Waals surface area contributed by atoms with E-state index < -0.39 is 0 Å². The quantitative estimate of drug-likeness (QED) is 0.114. The number of H-pyrrole nitrogens is 1. The number of aromatic amines is 1. The van der Waals surface area contributed by atoms with Gasteiger partial charge in [0.15, 0.2) is 0 Å². The minimum absolute atomic E-state index is 0.509. The Balaban J connectivity index is 0.000000278. The Hall–Kier alpha value is -2.89. The Bertz CT molecular complexity index is 1180. The average molecular weight is 527 g/mol. The fraction of sp³-hybridized carbons (Fsp3) is 0.394. The molecule has 200 valence electrons. The summed E-state index contributed by atoms with van der Waals surface area (Å²) in [6, 6.07) is 29.5. The molecule has 38 heavy (non-hydrogen) atoms. The van der Waals surface area contributed by atoms with Gasteiger partial charge in [0.2, 0.25) is 0 Å². The summed E-state index contributed by atoms with van der Waals surface area (Å²) in [5, 5.41) is 0. The van der Waals surface area contributed by atoms with Crippen molar-refractivity contribution in [1.82, 2.24) is 14.3 Å². The minimum atomic E-state index is 0.509. The van der Waals surface area contributed by atoms with Crippen molar-refractivity contribution in [3.05, 3.63) is 96.3 Å². The highest BCUT2D eigenvalue weighted by Gasteiger charge is 2.16. The molecule has 0 bridgehead atoms. The average Bonchev–Trinajstić information content (AvgIpc) is 3.30. The Morgan fingerprint density at radius 2 is 1.71 bits per heavy atom. The monoisotopic (exact) mass is 526 g/mol. The van der Waals surface area contributed by atoms with E-state index in [4.69, 9.17) is 4.99 Å². The fourth-order valence-corrected chi connectivity index (χ4v) is 5.76. The van der Waals surface area contributed by atoms with E-state index in [0.29, 0.717) is 5.92 Å². The van der Waals surface area contributed by atoms with E-state index in [1.807, 2.05) is 43.1 Å². The first kappa shape index (κ1) is 28.1. The zero-order valence-electron chi connectivity index (χ0n) is 22.9. The molecule has 4 aromatic rings. The van der Waals surface area contributed by atoms with Gasteiger partial charge in [-0.3, -0.25) is 4.99 Å². The summed E-state index contributed by atoms with van der Waals surface area (Å²) in [6.07, 6.45) is 11.5. The molecule has 5 rings (SSSR count). The number of aromatic nitrogens is 2. The van der Waals surface area contributed by atoms with Gasteiger partial charge in [0, 0.05) is 18.0 Å². The van der Waals surface area contributed by atoms with Gasteiger partial charge in [0.05, 0.1) is 11.0 Å². The summed E-state index contributed by atoms with van der Waals surface area (Å²) in [5.41, 5.74) is 3.57. The lowest BCUT2D eigenvalue weighted by Gasteiger charge is -2.24. The molecule has 1 atom stereocenters. The van der Waals surface area contributed by atoms with Crippen molar-refractivity contribution in [1.29, 1.82) is 0 Å². The second-order valence-electron chi connectivity index (χ2n) is 10.3. The molecular weight excluding hydrogens is 484 g/mol. The van der Waals surface area contributed by atoms with E-state index in [2.05, 4.69) is 88.2 Å². The lowest BCUT2D eigenvalue weighted by atomic mass is 9.82. The van der Waals surface area contributed by atoms with E-state index in [9.17, 15) is 0 Å². The van der Waals surface area contributed by atoms with Gasteiger partial charge in [-0.05, 0) is 93.1 Å². The maximum absolute atomic E-state index is 4.72. The molecule has 3 aromatic carbocycles. The predicted molar refractivity (Wildman–Crippen MR) is 164 cm³/mol. The smallest absolute Gasteiger partial charge is 0.104 e. The molecule has 1 aliphatic carbocycles. The van der Waals surface area contributed by atoms with Gasteiger partial charge in [0.1, 0.15) is 5.82 Å². The molecule has 1 saturated carbocycles. The van der Waals surface area contributed by atoms with Gasteiger partial charge < -0.3 is 4.98 Å². The molecule has 0 radical (unpaired) electrons. The van der Waals surface area contributed by atoms with E-state index in [0.717, 1.165) is 48.7 Å². The van der Waals surface area contributed by atoms with Crippen LogP contribution >= 0.6 is 11.9 Å². The van der Waals surface area contributed by atoms with E-state index in [1.165, 1.54) is 42.6 Å². The van der Waals surface area contributed by atoms with Crippen LogP contribution in [-0.4, -0.2) is 40.6 Å². The number of aliphatic imine (C=N–C) groups is 1. The Kier molecular flexibility index (Phi) is 11.5. The van der Waals surface area contributed by atoms with Crippen LogP contribution in [-0.2, 0) is 0 Å². The van der Waals surface area contributed by atoms with Crippen molar-refractivity contribution in [3.8, 4) is 0 Å².